The molecule has 1 saturated carbocycles. The van der Waals surface area contributed by atoms with Crippen molar-refractivity contribution in [3.05, 3.63) is 48.8 Å². The van der Waals surface area contributed by atoms with Crippen molar-refractivity contribution in [2.24, 2.45) is 11.8 Å². The van der Waals surface area contributed by atoms with Crippen LogP contribution in [0.4, 0.5) is 5.69 Å². The average Bonchev–Trinajstić information content (AvgIpc) is 3.42. The van der Waals surface area contributed by atoms with Crippen molar-refractivity contribution in [2.75, 3.05) is 11.9 Å². The lowest BCUT2D eigenvalue weighted by atomic mass is 9.83. The highest BCUT2D eigenvalue weighted by molar-refractivity contribution is 6.01. The van der Waals surface area contributed by atoms with Gasteiger partial charge >= 0.3 is 0 Å². The van der Waals surface area contributed by atoms with E-state index in [-0.39, 0.29) is 29.6 Å². The quantitative estimate of drug-likeness (QED) is 0.557. The number of pyridine rings is 1. The standard InChI is InChI=1S/C29H38N4O3/c1-3-20(2)27(34)32-26(22-13-8-5-9-14-22)29(36)33-18-10-15-25(33)28(35)31-24-19-30-17-16-23(24)21-11-6-4-7-12-21/h4,6-7,11-12,16-17,19-20,22,25-26H,3,5,8-10,13-15,18H2,1-2H3,(H,31,35)(H,32,34)/t20-,25+,26+/m1/s1. The fourth-order valence-corrected chi connectivity index (χ4v) is 5.39. The second kappa shape index (κ2) is 12.2. The number of rotatable bonds is 8. The van der Waals surface area contributed by atoms with Crippen LogP contribution in [0.15, 0.2) is 48.8 Å². The maximum atomic E-state index is 13.9. The van der Waals surface area contributed by atoms with E-state index in [1.54, 1.807) is 17.3 Å². The predicted molar refractivity (Wildman–Crippen MR) is 141 cm³/mol. The Bertz CT molecular complexity index is 1050. The van der Waals surface area contributed by atoms with Crippen LogP contribution >= 0.6 is 0 Å². The number of likely N-dealkylation sites (tertiary alicyclic amines) is 1. The van der Waals surface area contributed by atoms with Crippen molar-refractivity contribution in [1.82, 2.24) is 15.2 Å². The summed E-state index contributed by atoms with van der Waals surface area (Å²) in [6.45, 7) is 4.39. The molecule has 0 bridgehead atoms. The first-order valence-corrected chi connectivity index (χ1v) is 13.4. The lowest BCUT2D eigenvalue weighted by Crippen LogP contribution is -2.56. The normalized spacial score (nSPS) is 19.9. The first kappa shape index (κ1) is 25.9. The van der Waals surface area contributed by atoms with E-state index in [1.807, 2.05) is 50.2 Å². The molecule has 0 radical (unpaired) electrons. The minimum atomic E-state index is -0.571. The number of carbonyl (C=O) groups excluding carboxylic acids is 3. The number of nitrogens with one attached hydrogen (secondary N) is 2. The minimum Gasteiger partial charge on any atom is -0.344 e. The number of anilines is 1. The van der Waals surface area contributed by atoms with Crippen LogP contribution in [-0.2, 0) is 14.4 Å². The number of amides is 3. The van der Waals surface area contributed by atoms with Gasteiger partial charge in [-0.1, -0.05) is 63.4 Å². The topological polar surface area (TPSA) is 91.4 Å². The lowest BCUT2D eigenvalue weighted by Gasteiger charge is -2.35. The van der Waals surface area contributed by atoms with Crippen LogP contribution in [-0.4, -0.2) is 46.2 Å². The number of carbonyl (C=O) groups is 3. The fraction of sp³-hybridized carbons (Fsp3) is 0.517. The minimum absolute atomic E-state index is 0.0792. The highest BCUT2D eigenvalue weighted by atomic mass is 16.2. The predicted octanol–water partition coefficient (Wildman–Crippen LogP) is 4.79. The van der Waals surface area contributed by atoms with Gasteiger partial charge in [0.1, 0.15) is 12.1 Å². The number of nitrogens with zero attached hydrogens (tertiary/aromatic N) is 2. The van der Waals surface area contributed by atoms with E-state index in [0.717, 1.165) is 49.7 Å². The first-order chi connectivity index (χ1) is 17.5. The second-order valence-electron chi connectivity index (χ2n) is 10.2. The molecule has 1 aliphatic carbocycles. The molecule has 7 nitrogen and oxygen atoms in total. The van der Waals surface area contributed by atoms with E-state index >= 15 is 0 Å². The van der Waals surface area contributed by atoms with Crippen molar-refractivity contribution in [3.8, 4) is 11.1 Å². The highest BCUT2D eigenvalue weighted by Gasteiger charge is 2.41. The van der Waals surface area contributed by atoms with Crippen LogP contribution in [0, 0.1) is 11.8 Å². The third kappa shape index (κ3) is 5.94. The summed E-state index contributed by atoms with van der Waals surface area (Å²) in [5.74, 6) is -0.438. The van der Waals surface area contributed by atoms with E-state index in [4.69, 9.17) is 0 Å². The maximum absolute atomic E-state index is 13.9. The average molecular weight is 491 g/mol. The zero-order valence-electron chi connectivity index (χ0n) is 21.4. The molecule has 0 unspecified atom stereocenters. The molecule has 1 aliphatic heterocycles. The van der Waals surface area contributed by atoms with Crippen molar-refractivity contribution < 1.29 is 14.4 Å². The molecule has 2 fully saturated rings. The summed E-state index contributed by atoms with van der Waals surface area (Å²) in [7, 11) is 0. The van der Waals surface area contributed by atoms with Gasteiger partial charge in [0.25, 0.3) is 0 Å². The van der Waals surface area contributed by atoms with Gasteiger partial charge in [-0.05, 0) is 49.7 Å². The Labute approximate surface area is 214 Å². The zero-order chi connectivity index (χ0) is 25.5. The molecule has 2 heterocycles. The first-order valence-electron chi connectivity index (χ1n) is 13.4. The van der Waals surface area contributed by atoms with E-state index in [9.17, 15) is 14.4 Å². The molecule has 1 aromatic carbocycles. The summed E-state index contributed by atoms with van der Waals surface area (Å²) in [5, 5.41) is 6.12. The molecule has 3 atom stereocenters. The second-order valence-corrected chi connectivity index (χ2v) is 10.2. The van der Waals surface area contributed by atoms with Gasteiger partial charge in [0.15, 0.2) is 0 Å². The molecular formula is C29H38N4O3. The van der Waals surface area contributed by atoms with Gasteiger partial charge in [-0.3, -0.25) is 19.4 Å². The van der Waals surface area contributed by atoms with Gasteiger partial charge in [0.05, 0.1) is 11.9 Å². The third-order valence-corrected chi connectivity index (χ3v) is 7.75. The van der Waals surface area contributed by atoms with E-state index < -0.39 is 12.1 Å². The third-order valence-electron chi connectivity index (χ3n) is 7.75. The van der Waals surface area contributed by atoms with Crippen LogP contribution in [0.25, 0.3) is 11.1 Å². The lowest BCUT2D eigenvalue weighted by molar-refractivity contribution is -0.142. The van der Waals surface area contributed by atoms with Crippen molar-refractivity contribution in [3.63, 3.8) is 0 Å². The number of hydrogen-bond donors (Lipinski definition) is 2. The molecule has 1 saturated heterocycles. The van der Waals surface area contributed by atoms with Crippen LogP contribution < -0.4 is 10.6 Å². The maximum Gasteiger partial charge on any atom is 0.247 e. The van der Waals surface area contributed by atoms with Gasteiger partial charge < -0.3 is 15.5 Å². The molecule has 2 N–H and O–H groups in total. The van der Waals surface area contributed by atoms with Gasteiger partial charge in [-0.25, -0.2) is 0 Å². The van der Waals surface area contributed by atoms with Gasteiger partial charge in [0, 0.05) is 24.2 Å². The van der Waals surface area contributed by atoms with E-state index in [2.05, 4.69) is 15.6 Å². The van der Waals surface area contributed by atoms with Crippen molar-refractivity contribution in [2.45, 2.75) is 77.3 Å². The Balaban J connectivity index is 1.52. The molecule has 2 aliphatic rings. The largest absolute Gasteiger partial charge is 0.344 e. The Kier molecular flexibility index (Phi) is 8.73. The van der Waals surface area contributed by atoms with Crippen molar-refractivity contribution in [1.29, 1.82) is 0 Å². The summed E-state index contributed by atoms with van der Waals surface area (Å²) in [5.41, 5.74) is 2.50. The SMILES string of the molecule is CC[C@@H](C)C(=O)N[C@H](C(=O)N1CCC[C@H]1C(=O)Nc1cnccc1-c1ccccc1)C1CCCCC1. The van der Waals surface area contributed by atoms with Crippen LogP contribution in [0.3, 0.4) is 0 Å². The molecule has 2 aromatic rings. The molecule has 4 rings (SSSR count). The summed E-state index contributed by atoms with van der Waals surface area (Å²) < 4.78 is 0. The molecule has 36 heavy (non-hydrogen) atoms. The van der Waals surface area contributed by atoms with Gasteiger partial charge in [0.2, 0.25) is 17.7 Å². The molecule has 0 spiro atoms. The molecule has 192 valence electrons. The van der Waals surface area contributed by atoms with Gasteiger partial charge in [-0.2, -0.15) is 0 Å². The smallest absolute Gasteiger partial charge is 0.247 e. The Morgan fingerprint density at radius 3 is 2.50 bits per heavy atom. The van der Waals surface area contributed by atoms with Gasteiger partial charge in [-0.15, -0.1) is 0 Å². The summed E-state index contributed by atoms with van der Waals surface area (Å²) >= 11 is 0. The van der Waals surface area contributed by atoms with Crippen molar-refractivity contribution >= 4 is 23.4 Å². The molecule has 7 heteroatoms. The van der Waals surface area contributed by atoms with Crippen LogP contribution in [0.5, 0.6) is 0 Å². The summed E-state index contributed by atoms with van der Waals surface area (Å²) in [6, 6.07) is 10.6. The fourth-order valence-electron chi connectivity index (χ4n) is 5.39. The number of benzene rings is 1. The van der Waals surface area contributed by atoms with Crippen LogP contribution in [0.1, 0.15) is 65.2 Å². The summed E-state index contributed by atoms with van der Waals surface area (Å²) in [6.07, 6.45) is 10.6. The highest BCUT2D eigenvalue weighted by Crippen LogP contribution is 2.31. The number of hydrogen-bond acceptors (Lipinski definition) is 4. The molecular weight excluding hydrogens is 452 g/mol. The Morgan fingerprint density at radius 2 is 1.78 bits per heavy atom. The van der Waals surface area contributed by atoms with Crippen LogP contribution in [0.2, 0.25) is 0 Å². The Morgan fingerprint density at radius 1 is 1.03 bits per heavy atom. The van der Waals surface area contributed by atoms with E-state index in [1.165, 1.54) is 6.42 Å². The Hall–Kier alpha value is -3.22. The molecule has 3 amide bonds. The monoisotopic (exact) mass is 490 g/mol. The van der Waals surface area contributed by atoms with E-state index in [0.29, 0.717) is 18.7 Å². The number of aromatic nitrogens is 1. The summed E-state index contributed by atoms with van der Waals surface area (Å²) in [4.78, 5) is 46.0. The molecule has 1 aromatic heterocycles. The zero-order valence-corrected chi connectivity index (χ0v) is 21.4.